The van der Waals surface area contributed by atoms with Crippen LogP contribution in [0.2, 0.25) is 0 Å². The number of benzene rings is 2. The van der Waals surface area contributed by atoms with E-state index in [1.807, 2.05) is 24.3 Å². The number of hydrogen-bond acceptors (Lipinski definition) is 5. The maximum atomic E-state index is 12.5. The largest absolute Gasteiger partial charge is 0.456 e. The Balaban J connectivity index is 1.46. The molecule has 1 aromatic heterocycles. The first-order valence-electron chi connectivity index (χ1n) is 10.3. The molecule has 1 N–H and O–H groups in total. The van der Waals surface area contributed by atoms with Gasteiger partial charge in [0.15, 0.2) is 0 Å². The van der Waals surface area contributed by atoms with Gasteiger partial charge in [-0.1, -0.05) is 24.3 Å². The number of hydrogen-bond donors (Lipinski definition) is 1. The molecule has 0 aliphatic carbocycles. The Morgan fingerprint density at radius 3 is 2.55 bits per heavy atom. The van der Waals surface area contributed by atoms with Crippen LogP contribution in [0.25, 0.3) is 17.4 Å². The standard InChI is InChI=1S/C24H23N3O4/c28-24(25-20-9-3-5-11-22(20)26-16-6-1-7-17-26)15-13-18-12-14-23(31-18)19-8-2-4-10-21(19)27(29)30/h2-5,8-15H,1,6-7,16-17H2,(H,25,28)/b15-13+. The molecule has 0 saturated carbocycles. The maximum Gasteiger partial charge on any atom is 0.280 e. The smallest absolute Gasteiger partial charge is 0.280 e. The predicted molar refractivity (Wildman–Crippen MR) is 121 cm³/mol. The van der Waals surface area contributed by atoms with Gasteiger partial charge in [-0.3, -0.25) is 14.9 Å². The van der Waals surface area contributed by atoms with E-state index < -0.39 is 4.92 Å². The van der Waals surface area contributed by atoms with Crippen LogP contribution in [0.3, 0.4) is 0 Å². The van der Waals surface area contributed by atoms with Gasteiger partial charge in [-0.05, 0) is 55.7 Å². The van der Waals surface area contributed by atoms with E-state index in [1.54, 1.807) is 36.4 Å². The number of piperidine rings is 1. The zero-order valence-corrected chi connectivity index (χ0v) is 17.0. The van der Waals surface area contributed by atoms with Gasteiger partial charge in [0.2, 0.25) is 5.91 Å². The third-order valence-corrected chi connectivity index (χ3v) is 5.25. The number of carbonyl (C=O) groups is 1. The molecule has 0 radical (unpaired) electrons. The molecule has 0 bridgehead atoms. The monoisotopic (exact) mass is 417 g/mol. The molecule has 1 aliphatic rings. The zero-order chi connectivity index (χ0) is 21.6. The maximum absolute atomic E-state index is 12.5. The van der Waals surface area contributed by atoms with Crippen molar-refractivity contribution in [1.29, 1.82) is 0 Å². The van der Waals surface area contributed by atoms with Crippen LogP contribution in [0, 0.1) is 10.1 Å². The van der Waals surface area contributed by atoms with E-state index in [1.165, 1.54) is 18.6 Å². The van der Waals surface area contributed by atoms with E-state index in [2.05, 4.69) is 10.2 Å². The number of nitro groups is 1. The van der Waals surface area contributed by atoms with Gasteiger partial charge >= 0.3 is 0 Å². The minimum Gasteiger partial charge on any atom is -0.456 e. The normalized spacial score (nSPS) is 14.0. The number of nitro benzene ring substituents is 1. The number of amides is 1. The van der Waals surface area contributed by atoms with Crippen molar-refractivity contribution in [3.8, 4) is 11.3 Å². The quantitative estimate of drug-likeness (QED) is 0.325. The van der Waals surface area contributed by atoms with E-state index in [0.717, 1.165) is 37.3 Å². The number of para-hydroxylation sites is 3. The molecule has 4 rings (SSSR count). The highest BCUT2D eigenvalue weighted by Gasteiger charge is 2.17. The van der Waals surface area contributed by atoms with Crippen LogP contribution >= 0.6 is 0 Å². The Labute approximate surface area is 180 Å². The summed E-state index contributed by atoms with van der Waals surface area (Å²) in [5, 5.41) is 14.2. The van der Waals surface area contributed by atoms with Crippen LogP contribution in [0.15, 0.2) is 71.2 Å². The van der Waals surface area contributed by atoms with E-state index in [0.29, 0.717) is 17.1 Å². The van der Waals surface area contributed by atoms with Gasteiger partial charge in [-0.15, -0.1) is 0 Å². The second kappa shape index (κ2) is 9.30. The molecular formula is C24H23N3O4. The SMILES string of the molecule is O=C(/C=C/c1ccc(-c2ccccc2[N+](=O)[O-])o1)Nc1ccccc1N1CCCCC1. The average molecular weight is 417 g/mol. The number of furan rings is 1. The van der Waals surface area contributed by atoms with Gasteiger partial charge in [0.05, 0.1) is 21.9 Å². The lowest BCUT2D eigenvalue weighted by Gasteiger charge is -2.30. The van der Waals surface area contributed by atoms with Crippen molar-refractivity contribution in [2.24, 2.45) is 0 Å². The molecule has 1 fully saturated rings. The van der Waals surface area contributed by atoms with Gasteiger partial charge in [0, 0.05) is 25.2 Å². The Morgan fingerprint density at radius 1 is 1.00 bits per heavy atom. The molecule has 31 heavy (non-hydrogen) atoms. The van der Waals surface area contributed by atoms with E-state index >= 15 is 0 Å². The highest BCUT2D eigenvalue weighted by atomic mass is 16.6. The van der Waals surface area contributed by atoms with Crippen LogP contribution in [-0.2, 0) is 4.79 Å². The summed E-state index contributed by atoms with van der Waals surface area (Å²) in [5.41, 5.74) is 2.17. The summed E-state index contributed by atoms with van der Waals surface area (Å²) in [6, 6.07) is 17.5. The van der Waals surface area contributed by atoms with Crippen LogP contribution in [0.4, 0.5) is 17.1 Å². The summed E-state index contributed by atoms with van der Waals surface area (Å²) in [6.45, 7) is 1.98. The van der Waals surface area contributed by atoms with E-state index in [-0.39, 0.29) is 11.6 Å². The third kappa shape index (κ3) is 4.83. The first-order valence-corrected chi connectivity index (χ1v) is 10.3. The van der Waals surface area contributed by atoms with Crippen molar-refractivity contribution in [1.82, 2.24) is 0 Å². The molecule has 3 aromatic rings. The van der Waals surface area contributed by atoms with Crippen LogP contribution < -0.4 is 10.2 Å². The van der Waals surface area contributed by atoms with Crippen molar-refractivity contribution in [2.45, 2.75) is 19.3 Å². The summed E-state index contributed by atoms with van der Waals surface area (Å²) in [6.07, 6.45) is 6.50. The second-order valence-electron chi connectivity index (χ2n) is 7.36. The van der Waals surface area contributed by atoms with Crippen LogP contribution in [0.5, 0.6) is 0 Å². The second-order valence-corrected chi connectivity index (χ2v) is 7.36. The topological polar surface area (TPSA) is 88.6 Å². The predicted octanol–water partition coefficient (Wildman–Crippen LogP) is 5.50. The fraction of sp³-hybridized carbons (Fsp3) is 0.208. The first-order chi connectivity index (χ1) is 15.1. The fourth-order valence-electron chi connectivity index (χ4n) is 3.75. The van der Waals surface area contributed by atoms with Crippen molar-refractivity contribution < 1.29 is 14.1 Å². The van der Waals surface area contributed by atoms with Gasteiger partial charge < -0.3 is 14.6 Å². The van der Waals surface area contributed by atoms with Crippen molar-refractivity contribution in [2.75, 3.05) is 23.3 Å². The van der Waals surface area contributed by atoms with Crippen molar-refractivity contribution in [3.05, 3.63) is 82.6 Å². The lowest BCUT2D eigenvalue weighted by atomic mass is 10.1. The molecule has 2 aromatic carbocycles. The number of carbonyl (C=O) groups excluding carboxylic acids is 1. The van der Waals surface area contributed by atoms with Gasteiger partial charge in [-0.2, -0.15) is 0 Å². The van der Waals surface area contributed by atoms with Gasteiger partial charge in [0.25, 0.3) is 5.69 Å². The van der Waals surface area contributed by atoms with Crippen molar-refractivity contribution in [3.63, 3.8) is 0 Å². The Bertz CT molecular complexity index is 1110. The number of nitrogens with zero attached hydrogens (tertiary/aromatic N) is 2. The third-order valence-electron chi connectivity index (χ3n) is 5.25. The van der Waals surface area contributed by atoms with E-state index in [9.17, 15) is 14.9 Å². The number of rotatable bonds is 6. The molecule has 158 valence electrons. The van der Waals surface area contributed by atoms with E-state index in [4.69, 9.17) is 4.42 Å². The van der Waals surface area contributed by atoms with Crippen LogP contribution in [0.1, 0.15) is 25.0 Å². The lowest BCUT2D eigenvalue weighted by Crippen LogP contribution is -2.30. The molecule has 7 heteroatoms. The first kappa shape index (κ1) is 20.4. The Morgan fingerprint density at radius 2 is 1.74 bits per heavy atom. The molecule has 0 atom stereocenters. The molecule has 0 spiro atoms. The van der Waals surface area contributed by atoms with Gasteiger partial charge in [0.1, 0.15) is 11.5 Å². The van der Waals surface area contributed by atoms with Crippen molar-refractivity contribution >= 4 is 29.0 Å². The minimum absolute atomic E-state index is 0.0283. The summed E-state index contributed by atoms with van der Waals surface area (Å²) >= 11 is 0. The highest BCUT2D eigenvalue weighted by molar-refractivity contribution is 6.03. The number of anilines is 2. The fourth-order valence-corrected chi connectivity index (χ4v) is 3.75. The minimum atomic E-state index is -0.444. The summed E-state index contributed by atoms with van der Waals surface area (Å²) in [5.74, 6) is 0.545. The molecule has 0 unspecified atom stereocenters. The Kier molecular flexibility index (Phi) is 6.12. The molecule has 1 aliphatic heterocycles. The Hall–Kier alpha value is -3.87. The molecule has 2 heterocycles. The molecule has 1 saturated heterocycles. The molecule has 7 nitrogen and oxygen atoms in total. The number of nitrogens with one attached hydrogen (secondary N) is 1. The van der Waals surface area contributed by atoms with Gasteiger partial charge in [-0.25, -0.2) is 0 Å². The summed E-state index contributed by atoms with van der Waals surface area (Å²) < 4.78 is 5.70. The summed E-state index contributed by atoms with van der Waals surface area (Å²) in [7, 11) is 0. The molecule has 1 amide bonds. The average Bonchev–Trinajstić information content (AvgIpc) is 3.28. The highest BCUT2D eigenvalue weighted by Crippen LogP contribution is 2.31. The van der Waals surface area contributed by atoms with Crippen LogP contribution in [-0.4, -0.2) is 23.9 Å². The summed E-state index contributed by atoms with van der Waals surface area (Å²) in [4.78, 5) is 25.6. The zero-order valence-electron chi connectivity index (χ0n) is 17.0. The lowest BCUT2D eigenvalue weighted by molar-refractivity contribution is -0.384. The molecular weight excluding hydrogens is 394 g/mol.